The Morgan fingerprint density at radius 3 is 2.35 bits per heavy atom. The molecule has 0 bridgehead atoms. The molecule has 2 unspecified atom stereocenters. The van der Waals surface area contributed by atoms with E-state index in [4.69, 9.17) is 19.3 Å². The molecule has 0 saturated carbocycles. The highest BCUT2D eigenvalue weighted by molar-refractivity contribution is 7.89. The van der Waals surface area contributed by atoms with Gasteiger partial charge in [0.1, 0.15) is 36.4 Å². The lowest BCUT2D eigenvalue weighted by Crippen LogP contribution is -2.45. The molecule has 0 aliphatic carbocycles. The molecule has 3 aromatic carbocycles. The molecule has 6 aliphatic heterocycles. The second-order valence-corrected chi connectivity index (χ2v) is 27.7. The molecule has 1 aromatic heterocycles. The van der Waals surface area contributed by atoms with E-state index in [1.54, 1.807) is 0 Å². The van der Waals surface area contributed by atoms with Gasteiger partial charge in [0.2, 0.25) is 21.3 Å². The molecule has 4 atom stereocenters. The minimum absolute atomic E-state index is 0.0365. The molecule has 1 amide bonds. The number of aryl methyl sites for hydroxylation is 2. The molecule has 1 fully saturated rings. The molecule has 6 aliphatic rings. The number of nitrogens with one attached hydrogen (secondary N) is 3. The van der Waals surface area contributed by atoms with Gasteiger partial charge in [0, 0.05) is 83.8 Å². The number of phosphoric ester groups is 1. The summed E-state index contributed by atoms with van der Waals surface area (Å²) in [6, 6.07) is 7.92. The lowest BCUT2D eigenvalue weighted by molar-refractivity contribution is -0.120. The Bertz CT molecular complexity index is 3920. The van der Waals surface area contributed by atoms with Gasteiger partial charge < -0.3 is 39.3 Å². The maximum absolute atomic E-state index is 14.6. The lowest BCUT2D eigenvalue weighted by atomic mass is 9.82. The minimum Gasteiger partial charge on any atom is -0.455 e. The van der Waals surface area contributed by atoms with E-state index in [9.17, 15) is 59.3 Å². The van der Waals surface area contributed by atoms with E-state index in [1.165, 1.54) is 23.2 Å². The summed E-state index contributed by atoms with van der Waals surface area (Å²) >= 11 is 0. The fourth-order valence-corrected chi connectivity index (χ4v) is 16.4. The normalized spacial score (nSPS) is 20.0. The summed E-state index contributed by atoms with van der Waals surface area (Å²) in [5.74, 6) is 6.19. The number of nitrogens with zero attached hydrogens (tertiary/aromatic N) is 3. The highest BCUT2D eigenvalue weighted by atomic mass is 32.2. The molecule has 7 heterocycles. The van der Waals surface area contributed by atoms with Gasteiger partial charge in [0.15, 0.2) is 0 Å². The van der Waals surface area contributed by atoms with Gasteiger partial charge in [0.05, 0.1) is 34.6 Å². The van der Waals surface area contributed by atoms with E-state index in [-0.39, 0.29) is 48.4 Å². The number of anilines is 1. The van der Waals surface area contributed by atoms with Gasteiger partial charge in [0.25, 0.3) is 15.7 Å². The van der Waals surface area contributed by atoms with Crippen LogP contribution in [0, 0.1) is 11.8 Å². The largest absolute Gasteiger partial charge is 0.490 e. The third-order valence-electron chi connectivity index (χ3n) is 14.7. The minimum atomic E-state index is -5.74. The molecule has 80 heavy (non-hydrogen) atoms. The molecule has 10 rings (SSSR count). The van der Waals surface area contributed by atoms with E-state index >= 15 is 0 Å². The summed E-state index contributed by atoms with van der Waals surface area (Å²) < 4.78 is 130. The zero-order chi connectivity index (χ0) is 56.9. The van der Waals surface area contributed by atoms with E-state index in [0.29, 0.717) is 36.3 Å². The fourth-order valence-electron chi connectivity index (χ4n) is 11.4. The van der Waals surface area contributed by atoms with Crippen molar-refractivity contribution >= 4 is 60.8 Å². The van der Waals surface area contributed by atoms with Gasteiger partial charge in [-0.15, -0.1) is 0 Å². The van der Waals surface area contributed by atoms with E-state index in [1.807, 2.05) is 0 Å². The van der Waals surface area contributed by atoms with Crippen molar-refractivity contribution in [3.8, 4) is 23.3 Å². The number of hydrogen-bond acceptors (Lipinski definition) is 16. The SMILES string of the molecule is O=C(CCCCCNS(=O)(=O)c1cc(S(=O)(=O)O)ccc1C1=c2cc3c4c(c2Oc2c1cc1c5c2CCCN5CCC1)CCC[N+]=4CCC3)NCC#Cc1cn([C@H]2CC[C@@H](COP(=O)(O)OP(=O)(O)OP(=O)(O)O)O2)c(=O)[nH]c1=O. The highest BCUT2D eigenvalue weighted by Crippen LogP contribution is 2.66. The van der Waals surface area contributed by atoms with Crippen LogP contribution >= 0.6 is 23.5 Å². The van der Waals surface area contributed by atoms with E-state index in [2.05, 4.69) is 61.6 Å². The zero-order valence-corrected chi connectivity index (χ0v) is 47.1. The first-order valence-electron chi connectivity index (χ1n) is 25.9. The zero-order valence-electron chi connectivity index (χ0n) is 42.8. The summed E-state index contributed by atoms with van der Waals surface area (Å²) in [5, 5.41) is 4.53. The van der Waals surface area contributed by atoms with Gasteiger partial charge in [-0.1, -0.05) is 24.3 Å². The number of phosphoric acid groups is 3. The quantitative estimate of drug-likeness (QED) is 0.0193. The predicted molar refractivity (Wildman–Crippen MR) is 284 cm³/mol. The van der Waals surface area contributed by atoms with Crippen LogP contribution in [-0.2, 0) is 82.2 Å². The maximum Gasteiger partial charge on any atom is 0.490 e. The van der Waals surface area contributed by atoms with Crippen LogP contribution in [0.25, 0.3) is 5.57 Å². The average Bonchev–Trinajstić information content (AvgIpc) is 3.86. The number of fused-ring (bicyclic) bond motifs is 4. The monoisotopic (exact) mass is 1210 g/mol. The Hall–Kier alpha value is -5.17. The van der Waals surface area contributed by atoms with Gasteiger partial charge in [-0.2, -0.15) is 17.0 Å². The number of aromatic amines is 1. The summed E-state index contributed by atoms with van der Waals surface area (Å²) in [5.41, 5.74) is 5.35. The van der Waals surface area contributed by atoms with Crippen molar-refractivity contribution in [2.24, 2.45) is 0 Å². The molecule has 8 N–H and O–H groups in total. The van der Waals surface area contributed by atoms with Crippen LogP contribution in [0.2, 0.25) is 0 Å². The van der Waals surface area contributed by atoms with E-state index in [0.717, 1.165) is 127 Å². The predicted octanol–water partition coefficient (Wildman–Crippen LogP) is 2.25. The van der Waals surface area contributed by atoms with Crippen molar-refractivity contribution in [2.45, 2.75) is 112 Å². The van der Waals surface area contributed by atoms with Crippen LogP contribution in [-0.4, -0.2) is 108 Å². The van der Waals surface area contributed by atoms with Gasteiger partial charge >= 0.3 is 29.2 Å². The van der Waals surface area contributed by atoms with Crippen LogP contribution in [0.3, 0.4) is 0 Å². The summed E-state index contributed by atoms with van der Waals surface area (Å²) in [4.78, 5) is 78.2. The average molecular weight is 1210 g/mol. The van der Waals surface area contributed by atoms with Crippen molar-refractivity contribution in [3.05, 3.63) is 107 Å². The number of hydrogen-bond donors (Lipinski definition) is 8. The Morgan fingerprint density at radius 1 is 0.850 bits per heavy atom. The molecule has 1 saturated heterocycles. The van der Waals surface area contributed by atoms with Gasteiger partial charge in [-0.05, 0) is 94.0 Å². The van der Waals surface area contributed by atoms with Crippen molar-refractivity contribution in [1.29, 1.82) is 0 Å². The van der Waals surface area contributed by atoms with Crippen molar-refractivity contribution < 1.29 is 82.1 Å². The molecule has 430 valence electrons. The second-order valence-electron chi connectivity index (χ2n) is 20.2. The maximum atomic E-state index is 14.6. The first kappa shape index (κ1) is 58.0. The Kier molecular flexibility index (Phi) is 16.6. The number of benzene rings is 3. The molecule has 31 heteroatoms. The molecule has 0 spiro atoms. The first-order valence-corrected chi connectivity index (χ1v) is 33.4. The number of unbranched alkanes of at least 4 members (excludes halogenated alkanes) is 2. The van der Waals surface area contributed by atoms with Crippen molar-refractivity contribution in [1.82, 2.24) is 24.2 Å². The number of carbonyl (C=O) groups is 1. The number of amides is 1. The van der Waals surface area contributed by atoms with Gasteiger partial charge in [-0.25, -0.2) is 36.2 Å². The van der Waals surface area contributed by atoms with E-state index < -0.39 is 84.6 Å². The first-order chi connectivity index (χ1) is 37.8. The lowest BCUT2D eigenvalue weighted by Gasteiger charge is -2.39. The van der Waals surface area contributed by atoms with Crippen molar-refractivity contribution in [3.63, 3.8) is 0 Å². The Morgan fingerprint density at radius 2 is 1.59 bits per heavy atom. The smallest absolute Gasteiger partial charge is 0.455 e. The Labute approximate surface area is 458 Å². The fraction of sp³-hybridized carbons (Fsp3) is 0.469. The summed E-state index contributed by atoms with van der Waals surface area (Å²) in [6.45, 7) is 2.72. The standard InChI is InChI=1S/C49H57N6O20P3S2/c56-41(50-19-4-9-32-28-55(49(58)52-48(32)57)42-18-15-33(72-42)29-71-77(62,63)75-78(64,65)74-76(59,60)61)14-2-1-3-20-51-79(66,67)40-27-34(80(68,69)70)16-17-35(40)43-38-25-30-10-5-21-53-23-7-12-36(44(30)53)46(38)73-47-37-13-8-24-54-22-6-11-31(45(37)54)26-39(43)47/h16-17,25-28,33,42,51H,1-3,5-8,10-15,18-24,29H2,(H6-,50,52,56,57,58,59,60,61,62,63,64,65,68,69,70)/p+1/t33-,42+/m0/s1. The van der Waals surface area contributed by atoms with Gasteiger partial charge in [-0.3, -0.25) is 28.2 Å². The third kappa shape index (κ3) is 12.7. The molecule has 26 nitrogen and oxygen atoms in total. The topological polar surface area (TPSA) is 369 Å². The molecule has 4 aromatic rings. The Balaban J connectivity index is 0.788. The molecular formula is C49H58N6O20P3S2+. The molecular weight excluding hydrogens is 1150 g/mol. The van der Waals surface area contributed by atoms with Crippen LogP contribution in [0.15, 0.2) is 55.9 Å². The summed E-state index contributed by atoms with van der Waals surface area (Å²) in [6.07, 6.45) is 7.36. The number of carbonyl (C=O) groups excluding carboxylic acids is 1. The van der Waals surface area contributed by atoms with Crippen LogP contribution in [0.1, 0.15) is 109 Å². The second kappa shape index (κ2) is 22.9. The number of aromatic nitrogens is 2. The summed E-state index contributed by atoms with van der Waals surface area (Å²) in [7, 11) is -26.1. The third-order valence-corrected chi connectivity index (χ3v) is 20.8. The highest BCUT2D eigenvalue weighted by Gasteiger charge is 2.42. The molecule has 0 radical (unpaired) electrons. The number of rotatable bonds is 19. The number of H-pyrrole nitrogens is 1. The van der Waals surface area contributed by atoms with Crippen LogP contribution < -0.4 is 46.1 Å². The van der Waals surface area contributed by atoms with Crippen LogP contribution in [0.5, 0.6) is 11.5 Å². The number of ether oxygens (including phenoxy) is 2. The van der Waals surface area contributed by atoms with Crippen LogP contribution in [0.4, 0.5) is 5.69 Å². The van der Waals surface area contributed by atoms with Crippen molar-refractivity contribution in [2.75, 3.05) is 50.8 Å². The number of sulfonamides is 1.